The number of halogens is 1. The Morgan fingerprint density at radius 2 is 1.89 bits per heavy atom. The van der Waals surface area contributed by atoms with E-state index in [9.17, 15) is 13.2 Å². The molecule has 1 N–H and O–H groups in total. The molecular formula is C21H25ClN2O3S. The van der Waals surface area contributed by atoms with Gasteiger partial charge in [0.2, 0.25) is 15.9 Å². The number of hydrogen-bond donors (Lipinski definition) is 1. The molecule has 1 aliphatic heterocycles. The van der Waals surface area contributed by atoms with Gasteiger partial charge in [-0.05, 0) is 48.6 Å². The molecular weight excluding hydrogens is 396 g/mol. The van der Waals surface area contributed by atoms with Gasteiger partial charge in [0.05, 0.1) is 11.7 Å². The molecule has 0 bridgehead atoms. The fourth-order valence-corrected chi connectivity index (χ4v) is 5.16. The molecule has 1 atom stereocenters. The van der Waals surface area contributed by atoms with Crippen LogP contribution in [-0.2, 0) is 27.1 Å². The van der Waals surface area contributed by atoms with Crippen molar-refractivity contribution in [2.45, 2.75) is 32.1 Å². The number of rotatable bonds is 6. The second-order valence-electron chi connectivity index (χ2n) is 7.22. The standard InChI is InChI=1S/C21H25ClN2O3S/c1-16-5-2-3-6-18(16)13-23-21(25)19-7-4-12-24(14-19)28(26,27)15-17-8-10-20(22)11-9-17/h2-3,5-6,8-11,19H,4,7,12-15H2,1H3,(H,23,25)/t19-/m0/s1. The maximum atomic E-state index is 12.8. The summed E-state index contributed by atoms with van der Waals surface area (Å²) < 4.78 is 27.0. The topological polar surface area (TPSA) is 66.5 Å². The zero-order valence-corrected chi connectivity index (χ0v) is 17.5. The smallest absolute Gasteiger partial charge is 0.224 e. The highest BCUT2D eigenvalue weighted by atomic mass is 35.5. The van der Waals surface area contributed by atoms with Gasteiger partial charge in [0.1, 0.15) is 0 Å². The first-order valence-electron chi connectivity index (χ1n) is 9.39. The number of benzene rings is 2. The van der Waals surface area contributed by atoms with Crippen LogP contribution < -0.4 is 5.32 Å². The normalized spacial score (nSPS) is 18.0. The molecule has 28 heavy (non-hydrogen) atoms. The van der Waals surface area contributed by atoms with Crippen molar-refractivity contribution in [2.75, 3.05) is 13.1 Å². The summed E-state index contributed by atoms with van der Waals surface area (Å²) in [5.74, 6) is -0.491. The van der Waals surface area contributed by atoms with E-state index in [1.165, 1.54) is 4.31 Å². The third kappa shape index (κ3) is 5.34. The van der Waals surface area contributed by atoms with Gasteiger partial charge >= 0.3 is 0 Å². The number of nitrogens with one attached hydrogen (secondary N) is 1. The van der Waals surface area contributed by atoms with Crippen molar-refractivity contribution in [1.29, 1.82) is 0 Å². The predicted octanol–water partition coefficient (Wildman–Crippen LogP) is 3.51. The third-order valence-corrected chi connectivity index (χ3v) is 7.19. The number of aryl methyl sites for hydroxylation is 1. The van der Waals surface area contributed by atoms with E-state index in [0.29, 0.717) is 36.5 Å². The molecule has 1 saturated heterocycles. The van der Waals surface area contributed by atoms with Crippen LogP contribution in [0.25, 0.3) is 0 Å². The molecule has 0 saturated carbocycles. The zero-order valence-electron chi connectivity index (χ0n) is 15.9. The van der Waals surface area contributed by atoms with Crippen molar-refractivity contribution in [3.05, 3.63) is 70.2 Å². The average Bonchev–Trinajstić information content (AvgIpc) is 2.69. The van der Waals surface area contributed by atoms with Crippen molar-refractivity contribution in [3.8, 4) is 0 Å². The summed E-state index contributed by atoms with van der Waals surface area (Å²) in [6, 6.07) is 14.7. The lowest BCUT2D eigenvalue weighted by molar-refractivity contribution is -0.126. The molecule has 1 heterocycles. The molecule has 150 valence electrons. The van der Waals surface area contributed by atoms with E-state index in [1.807, 2.05) is 31.2 Å². The molecule has 7 heteroatoms. The Morgan fingerprint density at radius 1 is 1.18 bits per heavy atom. The zero-order chi connectivity index (χ0) is 20.1. The Bertz CT molecular complexity index is 929. The quantitative estimate of drug-likeness (QED) is 0.777. The Labute approximate surface area is 171 Å². The molecule has 1 fully saturated rings. The van der Waals surface area contributed by atoms with Gasteiger partial charge in [-0.15, -0.1) is 0 Å². The first-order chi connectivity index (χ1) is 13.3. The van der Waals surface area contributed by atoms with Crippen LogP contribution in [0.4, 0.5) is 0 Å². The second kappa shape index (κ2) is 9.07. The van der Waals surface area contributed by atoms with Crippen molar-refractivity contribution < 1.29 is 13.2 Å². The van der Waals surface area contributed by atoms with Gasteiger partial charge in [-0.2, -0.15) is 0 Å². The molecule has 0 unspecified atom stereocenters. The van der Waals surface area contributed by atoms with Crippen molar-refractivity contribution in [1.82, 2.24) is 9.62 Å². The van der Waals surface area contributed by atoms with E-state index in [1.54, 1.807) is 24.3 Å². The van der Waals surface area contributed by atoms with Crippen LogP contribution in [0.5, 0.6) is 0 Å². The van der Waals surface area contributed by atoms with Crippen LogP contribution in [0.3, 0.4) is 0 Å². The van der Waals surface area contributed by atoms with Crippen LogP contribution in [0.15, 0.2) is 48.5 Å². The number of carbonyl (C=O) groups excluding carboxylic acids is 1. The van der Waals surface area contributed by atoms with Crippen molar-refractivity contribution in [2.24, 2.45) is 5.92 Å². The van der Waals surface area contributed by atoms with E-state index in [-0.39, 0.29) is 24.1 Å². The summed E-state index contributed by atoms with van der Waals surface area (Å²) in [7, 11) is -3.48. The highest BCUT2D eigenvalue weighted by Gasteiger charge is 2.32. The van der Waals surface area contributed by atoms with Crippen LogP contribution in [0.1, 0.15) is 29.5 Å². The summed E-state index contributed by atoms with van der Waals surface area (Å²) in [5.41, 5.74) is 2.88. The average molecular weight is 421 g/mol. The number of nitrogens with zero attached hydrogens (tertiary/aromatic N) is 1. The van der Waals surface area contributed by atoms with Gasteiger partial charge in [-0.1, -0.05) is 48.0 Å². The van der Waals surface area contributed by atoms with Crippen LogP contribution in [0, 0.1) is 12.8 Å². The molecule has 0 spiro atoms. The Hall–Kier alpha value is -1.89. The summed E-state index contributed by atoms with van der Waals surface area (Å²) >= 11 is 5.86. The van der Waals surface area contributed by atoms with Crippen LogP contribution >= 0.6 is 11.6 Å². The molecule has 1 amide bonds. The largest absolute Gasteiger partial charge is 0.352 e. The monoisotopic (exact) mass is 420 g/mol. The summed E-state index contributed by atoms with van der Waals surface area (Å²) in [6.45, 7) is 3.15. The molecule has 2 aromatic rings. The third-order valence-electron chi connectivity index (χ3n) is 5.12. The lowest BCUT2D eigenvalue weighted by Crippen LogP contribution is -2.45. The molecule has 3 rings (SSSR count). The predicted molar refractivity (Wildman–Crippen MR) is 111 cm³/mol. The molecule has 5 nitrogen and oxygen atoms in total. The van der Waals surface area contributed by atoms with Crippen molar-refractivity contribution >= 4 is 27.5 Å². The Balaban J connectivity index is 1.60. The maximum absolute atomic E-state index is 12.8. The summed E-state index contributed by atoms with van der Waals surface area (Å²) in [4.78, 5) is 12.6. The van der Waals surface area contributed by atoms with Crippen LogP contribution in [0.2, 0.25) is 5.02 Å². The Kier molecular flexibility index (Phi) is 6.75. The van der Waals surface area contributed by atoms with E-state index >= 15 is 0 Å². The lowest BCUT2D eigenvalue weighted by atomic mass is 9.98. The number of piperidine rings is 1. The first kappa shape index (κ1) is 20.8. The minimum Gasteiger partial charge on any atom is -0.352 e. The SMILES string of the molecule is Cc1ccccc1CNC(=O)[C@H]1CCCN(S(=O)(=O)Cc2ccc(Cl)cc2)C1. The number of sulfonamides is 1. The van der Waals surface area contributed by atoms with E-state index in [2.05, 4.69) is 5.32 Å². The summed E-state index contributed by atoms with van der Waals surface area (Å²) in [6.07, 6.45) is 1.38. The minimum absolute atomic E-state index is 0.0816. The number of amides is 1. The van der Waals surface area contributed by atoms with E-state index in [4.69, 9.17) is 11.6 Å². The van der Waals surface area contributed by atoms with Crippen LogP contribution in [-0.4, -0.2) is 31.7 Å². The molecule has 0 radical (unpaired) electrons. The number of carbonyl (C=O) groups is 1. The van der Waals surface area contributed by atoms with Gasteiger partial charge in [0.15, 0.2) is 0 Å². The molecule has 1 aliphatic rings. The molecule has 2 aromatic carbocycles. The van der Waals surface area contributed by atoms with Gasteiger partial charge in [0.25, 0.3) is 0 Å². The molecule has 0 aromatic heterocycles. The van der Waals surface area contributed by atoms with Gasteiger partial charge in [-0.3, -0.25) is 4.79 Å². The highest BCUT2D eigenvalue weighted by molar-refractivity contribution is 7.88. The molecule has 0 aliphatic carbocycles. The van der Waals surface area contributed by atoms with Gasteiger partial charge < -0.3 is 5.32 Å². The van der Waals surface area contributed by atoms with Gasteiger partial charge in [-0.25, -0.2) is 12.7 Å². The Morgan fingerprint density at radius 3 is 2.61 bits per heavy atom. The fourth-order valence-electron chi connectivity index (χ4n) is 3.43. The fraction of sp³-hybridized carbons (Fsp3) is 0.381. The highest BCUT2D eigenvalue weighted by Crippen LogP contribution is 2.22. The summed E-state index contributed by atoms with van der Waals surface area (Å²) in [5, 5.41) is 3.54. The maximum Gasteiger partial charge on any atom is 0.224 e. The van der Waals surface area contributed by atoms with E-state index < -0.39 is 10.0 Å². The van der Waals surface area contributed by atoms with E-state index in [0.717, 1.165) is 11.1 Å². The van der Waals surface area contributed by atoms with Crippen molar-refractivity contribution in [3.63, 3.8) is 0 Å². The van der Waals surface area contributed by atoms with Gasteiger partial charge in [0, 0.05) is 24.7 Å². The second-order valence-corrected chi connectivity index (χ2v) is 9.63. The minimum atomic E-state index is -3.48. The first-order valence-corrected chi connectivity index (χ1v) is 11.4. The number of hydrogen-bond acceptors (Lipinski definition) is 3. The lowest BCUT2D eigenvalue weighted by Gasteiger charge is -2.31.